The van der Waals surface area contributed by atoms with E-state index in [-0.39, 0.29) is 16.9 Å². The molecule has 0 bridgehead atoms. The Kier molecular flexibility index (Phi) is 4.56. The summed E-state index contributed by atoms with van der Waals surface area (Å²) in [6, 6.07) is 0. The van der Waals surface area contributed by atoms with Crippen molar-refractivity contribution in [2.45, 2.75) is 90.8 Å². The Bertz CT molecular complexity index is 531. The van der Waals surface area contributed by atoms with Crippen LogP contribution in [0, 0.1) is 34.5 Å². The van der Waals surface area contributed by atoms with Gasteiger partial charge in [-0.1, -0.05) is 27.2 Å². The Hall–Kier alpha value is -0.410. The van der Waals surface area contributed by atoms with E-state index in [1.165, 1.54) is 32.1 Å². The minimum Gasteiger partial charge on any atom is -0.393 e. The molecule has 0 aromatic carbocycles. The minimum absolute atomic E-state index is 0.186. The van der Waals surface area contributed by atoms with Crippen LogP contribution in [-0.4, -0.2) is 29.7 Å². The van der Waals surface area contributed by atoms with E-state index in [0.29, 0.717) is 42.0 Å². The molecule has 0 saturated heterocycles. The third kappa shape index (κ3) is 2.56. The molecule has 1 N–H and O–H groups in total. The van der Waals surface area contributed by atoms with Gasteiger partial charge in [0.15, 0.2) is 0 Å². The van der Waals surface area contributed by atoms with Gasteiger partial charge in [0.05, 0.1) is 12.2 Å². The topological polar surface area (TPSA) is 46.5 Å². The fourth-order valence-corrected chi connectivity index (χ4v) is 7.72. The Morgan fingerprint density at radius 2 is 1.96 bits per heavy atom. The second-order valence-electron chi connectivity index (χ2n) is 9.94. The summed E-state index contributed by atoms with van der Waals surface area (Å²) in [6.07, 6.45) is 9.67. The van der Waals surface area contributed by atoms with Gasteiger partial charge in [0.1, 0.15) is 5.78 Å². The molecule has 3 heteroatoms. The van der Waals surface area contributed by atoms with E-state index < -0.39 is 0 Å². The molecular weight excluding hydrogens is 312 g/mol. The zero-order valence-corrected chi connectivity index (χ0v) is 16.3. The molecular formula is C22H36O3. The number of carbonyl (C=O) groups excluding carboxylic acids is 1. The minimum atomic E-state index is -0.314. The highest BCUT2D eigenvalue weighted by Crippen LogP contribution is 2.65. The van der Waals surface area contributed by atoms with Gasteiger partial charge < -0.3 is 9.84 Å². The zero-order chi connectivity index (χ0) is 17.8. The summed E-state index contributed by atoms with van der Waals surface area (Å²) in [7, 11) is 0. The fraction of sp³-hybridized carbons (Fsp3) is 0.955. The maximum atomic E-state index is 12.6. The molecule has 0 aliphatic heterocycles. The maximum Gasteiger partial charge on any atom is 0.139 e. The number of aliphatic hydroxyl groups is 1. The van der Waals surface area contributed by atoms with Gasteiger partial charge in [-0.05, 0) is 74.0 Å². The first kappa shape index (κ1) is 18.0. The lowest BCUT2D eigenvalue weighted by Gasteiger charge is -2.62. The first-order valence-electron chi connectivity index (χ1n) is 10.7. The van der Waals surface area contributed by atoms with Crippen LogP contribution < -0.4 is 0 Å². The molecule has 0 aromatic rings. The Morgan fingerprint density at radius 3 is 2.72 bits per heavy atom. The standard InChI is InChI=1S/C22H36O3/c1-4-12-25-18-6-5-11-21(2)16(18)8-7-14-15-9-10-19(24)22(15,3)13-17(23)20(14)21/h14-18,20,23H,4-13H2,1-3H3. The van der Waals surface area contributed by atoms with Crippen LogP contribution in [0.15, 0.2) is 0 Å². The number of rotatable bonds is 3. The molecule has 8 unspecified atom stereocenters. The zero-order valence-electron chi connectivity index (χ0n) is 16.3. The van der Waals surface area contributed by atoms with Crippen LogP contribution in [0.1, 0.15) is 78.6 Å². The largest absolute Gasteiger partial charge is 0.393 e. The number of ether oxygens (including phenoxy) is 1. The van der Waals surface area contributed by atoms with Gasteiger partial charge in [-0.25, -0.2) is 0 Å². The highest BCUT2D eigenvalue weighted by Gasteiger charge is 2.63. The van der Waals surface area contributed by atoms with Crippen molar-refractivity contribution in [2.24, 2.45) is 34.5 Å². The summed E-state index contributed by atoms with van der Waals surface area (Å²) in [5.74, 6) is 2.40. The lowest BCUT2D eigenvalue weighted by Crippen LogP contribution is -2.60. The number of hydrogen-bond donors (Lipinski definition) is 1. The molecule has 4 aliphatic rings. The van der Waals surface area contributed by atoms with E-state index in [9.17, 15) is 9.90 Å². The van der Waals surface area contributed by atoms with E-state index in [2.05, 4.69) is 20.8 Å². The fourth-order valence-electron chi connectivity index (χ4n) is 7.72. The van der Waals surface area contributed by atoms with Crippen molar-refractivity contribution in [2.75, 3.05) is 6.61 Å². The average Bonchev–Trinajstić information content (AvgIpc) is 2.86. The lowest BCUT2D eigenvalue weighted by atomic mass is 9.44. The van der Waals surface area contributed by atoms with Crippen LogP contribution in [0.2, 0.25) is 0 Å². The van der Waals surface area contributed by atoms with Crippen molar-refractivity contribution < 1.29 is 14.6 Å². The van der Waals surface area contributed by atoms with E-state index in [1.807, 2.05) is 0 Å². The first-order valence-corrected chi connectivity index (χ1v) is 10.7. The second kappa shape index (κ2) is 6.34. The molecule has 4 fully saturated rings. The second-order valence-corrected chi connectivity index (χ2v) is 9.94. The Labute approximate surface area is 152 Å². The smallest absolute Gasteiger partial charge is 0.139 e. The molecule has 0 spiro atoms. The molecule has 4 rings (SSSR count). The van der Waals surface area contributed by atoms with Crippen LogP contribution >= 0.6 is 0 Å². The normalized spacial score (nSPS) is 52.4. The summed E-state index contributed by atoms with van der Waals surface area (Å²) >= 11 is 0. The number of fused-ring (bicyclic) bond motifs is 5. The summed E-state index contributed by atoms with van der Waals surface area (Å²) in [6.45, 7) is 7.64. The molecule has 0 radical (unpaired) electrons. The maximum absolute atomic E-state index is 12.6. The lowest BCUT2D eigenvalue weighted by molar-refractivity contribution is -0.192. The third-order valence-corrected chi connectivity index (χ3v) is 8.77. The van der Waals surface area contributed by atoms with E-state index in [0.717, 1.165) is 25.9 Å². The van der Waals surface area contributed by atoms with Crippen molar-refractivity contribution >= 4 is 5.78 Å². The molecule has 8 atom stereocenters. The van der Waals surface area contributed by atoms with Crippen LogP contribution in [0.4, 0.5) is 0 Å². The highest BCUT2D eigenvalue weighted by molar-refractivity contribution is 5.87. The summed E-state index contributed by atoms with van der Waals surface area (Å²) in [5, 5.41) is 11.2. The highest BCUT2D eigenvalue weighted by atomic mass is 16.5. The van der Waals surface area contributed by atoms with Crippen molar-refractivity contribution in [3.63, 3.8) is 0 Å². The van der Waals surface area contributed by atoms with Crippen LogP contribution in [-0.2, 0) is 9.53 Å². The molecule has 0 heterocycles. The Morgan fingerprint density at radius 1 is 1.16 bits per heavy atom. The van der Waals surface area contributed by atoms with Gasteiger partial charge in [0.2, 0.25) is 0 Å². The quantitative estimate of drug-likeness (QED) is 0.824. The number of ketones is 1. The van der Waals surface area contributed by atoms with Gasteiger partial charge in [0.25, 0.3) is 0 Å². The van der Waals surface area contributed by atoms with Crippen molar-refractivity contribution in [3.8, 4) is 0 Å². The summed E-state index contributed by atoms with van der Waals surface area (Å²) in [4.78, 5) is 12.6. The predicted octanol–water partition coefficient (Wildman–Crippen LogP) is 4.36. The molecule has 142 valence electrons. The predicted molar refractivity (Wildman–Crippen MR) is 98.2 cm³/mol. The van der Waals surface area contributed by atoms with Crippen LogP contribution in [0.25, 0.3) is 0 Å². The van der Waals surface area contributed by atoms with E-state index >= 15 is 0 Å². The third-order valence-electron chi connectivity index (χ3n) is 8.77. The van der Waals surface area contributed by atoms with Gasteiger partial charge in [-0.2, -0.15) is 0 Å². The van der Waals surface area contributed by atoms with Crippen LogP contribution in [0.3, 0.4) is 0 Å². The first-order chi connectivity index (χ1) is 11.9. The van der Waals surface area contributed by atoms with Gasteiger partial charge in [-0.15, -0.1) is 0 Å². The Balaban J connectivity index is 1.63. The molecule has 4 aliphatic carbocycles. The van der Waals surface area contributed by atoms with Gasteiger partial charge in [-0.3, -0.25) is 4.79 Å². The van der Waals surface area contributed by atoms with Gasteiger partial charge in [0, 0.05) is 18.4 Å². The average molecular weight is 349 g/mol. The van der Waals surface area contributed by atoms with Crippen LogP contribution in [0.5, 0.6) is 0 Å². The number of aliphatic hydroxyl groups excluding tert-OH is 1. The van der Waals surface area contributed by atoms with Crippen molar-refractivity contribution in [3.05, 3.63) is 0 Å². The van der Waals surface area contributed by atoms with Crippen molar-refractivity contribution in [1.82, 2.24) is 0 Å². The molecule has 0 aromatic heterocycles. The number of carbonyl (C=O) groups is 1. The molecule has 0 amide bonds. The van der Waals surface area contributed by atoms with Gasteiger partial charge >= 0.3 is 0 Å². The van der Waals surface area contributed by atoms with Crippen molar-refractivity contribution in [1.29, 1.82) is 0 Å². The molecule has 25 heavy (non-hydrogen) atoms. The molecule has 4 saturated carbocycles. The van der Waals surface area contributed by atoms with E-state index in [4.69, 9.17) is 4.74 Å². The SMILES string of the molecule is CCCOC1CCCC2(C)C1CCC1C3CCC(=O)C3(C)CC(O)C12. The summed E-state index contributed by atoms with van der Waals surface area (Å²) < 4.78 is 6.27. The number of Topliss-reactive ketones (excluding diaryl/α,β-unsaturated/α-hetero) is 1. The summed E-state index contributed by atoms with van der Waals surface area (Å²) in [5.41, 5.74) is -0.0669. The monoisotopic (exact) mass is 348 g/mol. The van der Waals surface area contributed by atoms with E-state index in [1.54, 1.807) is 0 Å². The number of hydrogen-bond acceptors (Lipinski definition) is 3. The molecule has 3 nitrogen and oxygen atoms in total.